The van der Waals surface area contributed by atoms with Crippen molar-refractivity contribution in [1.29, 1.82) is 0 Å². The van der Waals surface area contributed by atoms with Crippen LogP contribution < -0.4 is 10.2 Å². The molecule has 0 aliphatic carbocycles. The number of carbonyl (C=O) groups excluding carboxylic acids is 2. The Morgan fingerprint density at radius 3 is 0.960 bits per heavy atom. The van der Waals surface area contributed by atoms with Crippen molar-refractivity contribution < 1.29 is 30.0 Å². The van der Waals surface area contributed by atoms with Gasteiger partial charge in [-0.2, -0.15) is 0 Å². The van der Waals surface area contributed by atoms with Gasteiger partial charge < -0.3 is 30.0 Å². The van der Waals surface area contributed by atoms with E-state index >= 15 is 0 Å². The van der Waals surface area contributed by atoms with Crippen LogP contribution in [0.4, 0.5) is 0 Å². The average molecular weight is 721 g/mol. The Bertz CT molecular complexity index is 661. The van der Waals surface area contributed by atoms with Crippen LogP contribution in [0.1, 0.15) is 245 Å². The molecule has 2 N–H and O–H groups in total. The summed E-state index contributed by atoms with van der Waals surface area (Å²) < 4.78 is 0. The third kappa shape index (κ3) is 47.6. The molecule has 50 heavy (non-hydrogen) atoms. The molecule has 0 aliphatic rings. The molecule has 2 unspecified atom stereocenters. The minimum Gasteiger partial charge on any atom is -0.550 e. The molecule has 294 valence electrons. The first-order chi connectivity index (χ1) is 23.9. The fourth-order valence-electron chi connectivity index (χ4n) is 6.67. The molecule has 0 aliphatic heterocycles. The summed E-state index contributed by atoms with van der Waals surface area (Å²) in [5.74, 6) is -2.65. The molecule has 0 amide bonds. The van der Waals surface area contributed by atoms with Crippen LogP contribution in [0.2, 0.25) is 0 Å². The first kappa shape index (κ1) is 54.0. The van der Waals surface area contributed by atoms with Crippen LogP contribution in [0.15, 0.2) is 0 Å². The summed E-state index contributed by atoms with van der Waals surface area (Å²) in [5.41, 5.74) is 0. The summed E-state index contributed by atoms with van der Waals surface area (Å²) in [6.07, 6.45) is 43.2. The van der Waals surface area contributed by atoms with Gasteiger partial charge in [0, 0.05) is 17.9 Å². The Labute approximate surface area is 327 Å². The minimum absolute atomic E-state index is 0. The molecular weight excluding hydrogens is 637 g/mol. The van der Waals surface area contributed by atoms with Crippen molar-refractivity contribution in [3.63, 3.8) is 0 Å². The second kappa shape index (κ2) is 46.6. The maximum Gasteiger partial charge on any atom is 2.00 e. The predicted octanol–water partition coefficient (Wildman–Crippen LogP) is 10.1. The Hall–Kier alpha value is -0.374. The number of aliphatic hydroxyl groups is 2. The first-order valence-electron chi connectivity index (χ1n) is 21.6. The number of aliphatic carboxylic acids is 2. The number of hydrogen-bond donors (Lipinski definition) is 2. The molecule has 0 saturated carbocycles. The van der Waals surface area contributed by atoms with E-state index in [2.05, 4.69) is 13.8 Å². The Morgan fingerprint density at radius 2 is 0.720 bits per heavy atom. The number of rotatable bonds is 39. The van der Waals surface area contributed by atoms with Crippen LogP contribution in [0.25, 0.3) is 0 Å². The number of hydrogen-bond acceptors (Lipinski definition) is 6. The molecule has 0 heterocycles. The van der Waals surface area contributed by atoms with Gasteiger partial charge in [-0.15, -0.1) is 0 Å². The van der Waals surface area contributed by atoms with Crippen molar-refractivity contribution in [2.75, 3.05) is 6.61 Å². The van der Waals surface area contributed by atoms with Crippen LogP contribution in [0.3, 0.4) is 0 Å². The molecule has 0 rings (SSSR count). The summed E-state index contributed by atoms with van der Waals surface area (Å²) in [6, 6.07) is 0. The zero-order chi connectivity index (χ0) is 36.5. The largest absolute Gasteiger partial charge is 2.00 e. The van der Waals surface area contributed by atoms with Gasteiger partial charge in [-0.05, 0) is 25.7 Å². The molecule has 0 aromatic carbocycles. The van der Waals surface area contributed by atoms with Gasteiger partial charge in [0.05, 0.1) is 12.7 Å². The summed E-state index contributed by atoms with van der Waals surface area (Å²) in [4.78, 5) is 21.3. The molecule has 7 heteroatoms. The van der Waals surface area contributed by atoms with E-state index in [4.69, 9.17) is 5.11 Å². The third-order valence-corrected chi connectivity index (χ3v) is 9.99. The number of unbranched alkanes of at least 4 members (excludes halogenated alkanes) is 31. The zero-order valence-corrected chi connectivity index (χ0v) is 35.0. The molecule has 0 bridgehead atoms. The normalized spacial score (nSPS) is 12.2. The molecule has 6 nitrogen and oxygen atoms in total. The van der Waals surface area contributed by atoms with Crippen LogP contribution in [-0.4, -0.2) is 57.9 Å². The van der Waals surface area contributed by atoms with Crippen molar-refractivity contribution in [2.24, 2.45) is 5.92 Å². The molecular formula is C43H84MgO6. The van der Waals surface area contributed by atoms with Gasteiger partial charge in [-0.3, -0.25) is 0 Å². The van der Waals surface area contributed by atoms with E-state index < -0.39 is 24.0 Å². The van der Waals surface area contributed by atoms with Gasteiger partial charge in [0.1, 0.15) is 0 Å². The standard InChI is InChI=1S/C25H50O4.C18H36O2.Mg/c1-2-3-4-5-6-7-8-9-10-11-12-13-14-15-16-17-18-19-20-23(25(28)29)21-24(27)22-26;1-2-3-4-5-6-7-8-9-10-11-12-13-14-15-16-17-18(19)20;/h23-24,26-27H,2-22H2,1H3,(H,28,29);2-17H2,1H3,(H,19,20);/q;;+2/p-2. The number of carbonyl (C=O) groups is 2. The van der Waals surface area contributed by atoms with E-state index in [-0.39, 0.29) is 42.5 Å². The van der Waals surface area contributed by atoms with Gasteiger partial charge in [-0.1, -0.05) is 219 Å². The predicted molar refractivity (Wildman–Crippen MR) is 210 cm³/mol. The van der Waals surface area contributed by atoms with Crippen molar-refractivity contribution in [3.8, 4) is 0 Å². The summed E-state index contributed by atoms with van der Waals surface area (Å²) in [5, 5.41) is 39.5. The fourth-order valence-corrected chi connectivity index (χ4v) is 6.67. The fraction of sp³-hybridized carbons (Fsp3) is 0.953. The van der Waals surface area contributed by atoms with Crippen LogP contribution in [0, 0.1) is 5.92 Å². The minimum atomic E-state index is -1.11. The topological polar surface area (TPSA) is 121 Å². The second-order valence-electron chi connectivity index (χ2n) is 15.0. The zero-order valence-electron chi connectivity index (χ0n) is 33.6. The van der Waals surface area contributed by atoms with Crippen LogP contribution >= 0.6 is 0 Å². The van der Waals surface area contributed by atoms with E-state index in [9.17, 15) is 24.9 Å². The molecule has 0 spiro atoms. The van der Waals surface area contributed by atoms with Crippen LogP contribution in [0.5, 0.6) is 0 Å². The van der Waals surface area contributed by atoms with Gasteiger partial charge in [0.2, 0.25) is 0 Å². The van der Waals surface area contributed by atoms with Crippen molar-refractivity contribution in [1.82, 2.24) is 0 Å². The van der Waals surface area contributed by atoms with Crippen molar-refractivity contribution in [3.05, 3.63) is 0 Å². The SMILES string of the molecule is CCCCCCCCCCCCCCCCCC(=O)[O-].CCCCCCCCCCCCCCCCCCCCC(CC(O)CO)C(=O)[O-].[Mg+2]. The van der Waals surface area contributed by atoms with E-state index in [1.165, 1.54) is 180 Å². The molecule has 0 aromatic rings. The Morgan fingerprint density at radius 1 is 0.460 bits per heavy atom. The van der Waals surface area contributed by atoms with Crippen LogP contribution in [-0.2, 0) is 9.59 Å². The number of aliphatic hydroxyl groups excluding tert-OH is 2. The molecule has 2 atom stereocenters. The van der Waals surface area contributed by atoms with E-state index in [1.807, 2.05) is 0 Å². The molecule has 0 radical (unpaired) electrons. The maximum atomic E-state index is 11.1. The maximum absolute atomic E-state index is 11.1. The van der Waals surface area contributed by atoms with Crippen molar-refractivity contribution in [2.45, 2.75) is 251 Å². The number of carboxylic acids is 2. The first-order valence-corrected chi connectivity index (χ1v) is 21.6. The van der Waals surface area contributed by atoms with E-state index in [1.54, 1.807) is 0 Å². The molecule has 0 fully saturated rings. The van der Waals surface area contributed by atoms with Gasteiger partial charge in [-0.25, -0.2) is 0 Å². The number of carboxylic acid groups (broad SMARTS) is 2. The van der Waals surface area contributed by atoms with E-state index in [0.29, 0.717) is 6.42 Å². The Balaban J connectivity index is -0.000000924. The molecule has 0 saturated heterocycles. The van der Waals surface area contributed by atoms with Crippen molar-refractivity contribution >= 4 is 35.0 Å². The smallest absolute Gasteiger partial charge is 0.550 e. The quantitative estimate of drug-likeness (QED) is 0.0482. The van der Waals surface area contributed by atoms with Gasteiger partial charge in [0.25, 0.3) is 0 Å². The summed E-state index contributed by atoms with van der Waals surface area (Å²) >= 11 is 0. The van der Waals surface area contributed by atoms with Gasteiger partial charge >= 0.3 is 23.1 Å². The second-order valence-corrected chi connectivity index (χ2v) is 15.0. The summed E-state index contributed by atoms with van der Waals surface area (Å²) in [7, 11) is 0. The monoisotopic (exact) mass is 721 g/mol. The molecule has 0 aromatic heterocycles. The third-order valence-electron chi connectivity index (χ3n) is 9.99. The van der Waals surface area contributed by atoms with E-state index in [0.717, 1.165) is 32.1 Å². The average Bonchev–Trinajstić information content (AvgIpc) is 3.08. The summed E-state index contributed by atoms with van der Waals surface area (Å²) in [6.45, 7) is 4.15. The Kier molecular flexibility index (Phi) is 50.4. The van der Waals surface area contributed by atoms with Gasteiger partial charge in [0.15, 0.2) is 0 Å².